The van der Waals surface area contributed by atoms with Gasteiger partial charge in [-0.05, 0) is 45.7 Å². The van der Waals surface area contributed by atoms with Gasteiger partial charge < -0.3 is 9.64 Å². The van der Waals surface area contributed by atoms with Crippen molar-refractivity contribution < 1.29 is 31.4 Å². The van der Waals surface area contributed by atoms with Gasteiger partial charge in [0, 0.05) is 25.2 Å². The van der Waals surface area contributed by atoms with Crippen molar-refractivity contribution >= 4 is 21.9 Å². The van der Waals surface area contributed by atoms with Gasteiger partial charge in [-0.25, -0.2) is 9.18 Å². The summed E-state index contributed by atoms with van der Waals surface area (Å²) in [5.74, 6) is 0. The van der Waals surface area contributed by atoms with Crippen molar-refractivity contribution in [1.29, 1.82) is 0 Å². The number of alkyl halides is 1. The number of halogens is 1. The Balaban J connectivity index is 2.06. The zero-order valence-corrected chi connectivity index (χ0v) is 16.6. The Bertz CT molecular complexity index is 821. The van der Waals surface area contributed by atoms with Gasteiger partial charge in [0.25, 0.3) is 15.8 Å². The molecule has 1 amide bonds. The van der Waals surface area contributed by atoms with Gasteiger partial charge in [-0.1, -0.05) is 0 Å². The van der Waals surface area contributed by atoms with E-state index in [0.29, 0.717) is 0 Å². The third kappa shape index (κ3) is 5.86. The molecular formula is C17H23FN2O7S. The number of hydrogen-bond acceptors (Lipinski definition) is 7. The minimum atomic E-state index is -4.32. The van der Waals surface area contributed by atoms with E-state index >= 15 is 0 Å². The molecular weight excluding hydrogens is 395 g/mol. The Kier molecular flexibility index (Phi) is 6.60. The first-order valence-electron chi connectivity index (χ1n) is 8.69. The molecule has 1 aliphatic rings. The third-order valence-corrected chi connectivity index (χ3v) is 5.35. The molecule has 1 aromatic carbocycles. The summed E-state index contributed by atoms with van der Waals surface area (Å²) in [7, 11) is -4.32. The molecule has 1 saturated heterocycles. The molecule has 11 heteroatoms. The average Bonchev–Trinajstić information content (AvgIpc) is 2.75. The lowest BCUT2D eigenvalue weighted by molar-refractivity contribution is -0.384. The highest BCUT2D eigenvalue weighted by Crippen LogP contribution is 2.25. The van der Waals surface area contributed by atoms with Gasteiger partial charge in [0.2, 0.25) is 0 Å². The smallest absolute Gasteiger partial charge is 0.410 e. The first kappa shape index (κ1) is 22.0. The maximum Gasteiger partial charge on any atom is 0.410 e. The Morgan fingerprint density at radius 2 is 1.79 bits per heavy atom. The summed E-state index contributed by atoms with van der Waals surface area (Å²) in [6.45, 7) is 5.29. The second kappa shape index (κ2) is 8.39. The van der Waals surface area contributed by atoms with E-state index in [9.17, 15) is 27.7 Å². The van der Waals surface area contributed by atoms with Gasteiger partial charge in [0.1, 0.15) is 17.9 Å². The number of non-ortho nitro benzene ring substituents is 1. The molecule has 1 aliphatic heterocycles. The van der Waals surface area contributed by atoms with Crippen LogP contribution in [0.5, 0.6) is 0 Å². The summed E-state index contributed by atoms with van der Waals surface area (Å²) in [4.78, 5) is 23.2. The molecule has 0 unspecified atom stereocenters. The van der Waals surface area contributed by atoms with Gasteiger partial charge in [0.15, 0.2) is 0 Å². The van der Waals surface area contributed by atoms with Crippen LogP contribution in [0.3, 0.4) is 0 Å². The van der Waals surface area contributed by atoms with Crippen molar-refractivity contribution in [3.8, 4) is 0 Å². The molecule has 1 fully saturated rings. The minimum Gasteiger partial charge on any atom is -0.444 e. The predicted molar refractivity (Wildman–Crippen MR) is 97.1 cm³/mol. The van der Waals surface area contributed by atoms with E-state index in [4.69, 9.17) is 8.92 Å². The SMILES string of the molecule is CC(C)(C)OC(=O)N1CC[C@H](F)[C@H](OS(=O)(=O)c2ccc([N+](=O)[O-])cc2)CC1. The summed E-state index contributed by atoms with van der Waals surface area (Å²) in [6.07, 6.45) is -3.60. The normalized spacial score (nSPS) is 21.1. The van der Waals surface area contributed by atoms with Gasteiger partial charge in [-0.3, -0.25) is 14.3 Å². The molecule has 0 bridgehead atoms. The van der Waals surface area contributed by atoms with Crippen LogP contribution < -0.4 is 0 Å². The van der Waals surface area contributed by atoms with Crippen molar-refractivity contribution in [3.63, 3.8) is 0 Å². The first-order chi connectivity index (χ1) is 12.9. The minimum absolute atomic E-state index is 0.0351. The van der Waals surface area contributed by atoms with Crippen LogP contribution in [0.15, 0.2) is 29.2 Å². The average molecular weight is 418 g/mol. The van der Waals surface area contributed by atoms with Gasteiger partial charge in [-0.2, -0.15) is 8.42 Å². The van der Waals surface area contributed by atoms with Crippen molar-refractivity contribution in [2.24, 2.45) is 0 Å². The molecule has 0 spiro atoms. The van der Waals surface area contributed by atoms with E-state index in [1.807, 2.05) is 0 Å². The second-order valence-electron chi connectivity index (χ2n) is 7.40. The van der Waals surface area contributed by atoms with Gasteiger partial charge in [-0.15, -0.1) is 0 Å². The fourth-order valence-corrected chi connectivity index (χ4v) is 3.73. The molecule has 0 aliphatic carbocycles. The molecule has 9 nitrogen and oxygen atoms in total. The maximum absolute atomic E-state index is 14.4. The number of nitro benzene ring substituents is 1. The summed E-state index contributed by atoms with van der Waals surface area (Å²) in [6, 6.07) is 4.12. The summed E-state index contributed by atoms with van der Waals surface area (Å²) >= 11 is 0. The quantitative estimate of drug-likeness (QED) is 0.419. The number of benzene rings is 1. The zero-order valence-electron chi connectivity index (χ0n) is 15.8. The van der Waals surface area contributed by atoms with Crippen LogP contribution in [-0.4, -0.2) is 55.3 Å². The molecule has 156 valence electrons. The lowest BCUT2D eigenvalue weighted by Crippen LogP contribution is -2.37. The summed E-state index contributed by atoms with van der Waals surface area (Å²) < 4.78 is 49.5. The van der Waals surface area contributed by atoms with Gasteiger partial charge in [0.05, 0.1) is 9.82 Å². The number of carbonyl (C=O) groups is 1. The topological polar surface area (TPSA) is 116 Å². The zero-order chi connectivity index (χ0) is 21.1. The standard InChI is InChI=1S/C17H23FN2O7S/c1-17(2,3)26-16(21)19-10-8-14(18)15(9-11-19)27-28(24,25)13-6-4-12(5-7-13)20(22)23/h4-7,14-15H,8-11H2,1-3H3/t14-,15+/m0/s1. The molecule has 0 saturated carbocycles. The molecule has 1 aromatic rings. The number of nitrogens with zero attached hydrogens (tertiary/aromatic N) is 2. The maximum atomic E-state index is 14.4. The molecule has 2 atom stereocenters. The number of rotatable bonds is 4. The van der Waals surface area contributed by atoms with Crippen LogP contribution in [0.1, 0.15) is 33.6 Å². The monoisotopic (exact) mass is 418 g/mol. The van der Waals surface area contributed by atoms with Crippen LogP contribution in [0.2, 0.25) is 0 Å². The molecule has 0 N–H and O–H groups in total. The predicted octanol–water partition coefficient (Wildman–Crippen LogP) is 3.04. The van der Waals surface area contributed by atoms with Crippen LogP contribution >= 0.6 is 0 Å². The summed E-state index contributed by atoms with van der Waals surface area (Å²) in [5.41, 5.74) is -0.974. The highest BCUT2D eigenvalue weighted by atomic mass is 32.2. The second-order valence-corrected chi connectivity index (χ2v) is 8.97. The Labute approximate surface area is 162 Å². The number of ether oxygens (including phenoxy) is 1. The highest BCUT2D eigenvalue weighted by molar-refractivity contribution is 7.86. The van der Waals surface area contributed by atoms with Crippen molar-refractivity contribution in [2.75, 3.05) is 13.1 Å². The number of amides is 1. The molecule has 0 radical (unpaired) electrons. The number of nitro groups is 1. The lowest BCUT2D eigenvalue weighted by Gasteiger charge is -2.26. The van der Waals surface area contributed by atoms with Crippen molar-refractivity contribution in [1.82, 2.24) is 4.90 Å². The Morgan fingerprint density at radius 3 is 2.32 bits per heavy atom. The van der Waals surface area contributed by atoms with Gasteiger partial charge >= 0.3 is 6.09 Å². The van der Waals surface area contributed by atoms with E-state index in [1.54, 1.807) is 20.8 Å². The van der Waals surface area contributed by atoms with E-state index < -0.39 is 39.0 Å². The molecule has 0 aromatic heterocycles. The van der Waals surface area contributed by atoms with E-state index in [2.05, 4.69) is 0 Å². The first-order valence-corrected chi connectivity index (χ1v) is 10.1. The highest BCUT2D eigenvalue weighted by Gasteiger charge is 2.34. The number of likely N-dealkylation sites (tertiary alicyclic amines) is 1. The Hall–Kier alpha value is -2.27. The van der Waals surface area contributed by atoms with Crippen LogP contribution in [0.4, 0.5) is 14.9 Å². The van der Waals surface area contributed by atoms with Crippen LogP contribution in [-0.2, 0) is 19.0 Å². The fourth-order valence-electron chi connectivity index (χ4n) is 2.61. The van der Waals surface area contributed by atoms with Crippen LogP contribution in [0, 0.1) is 10.1 Å². The van der Waals surface area contributed by atoms with E-state index in [-0.39, 0.29) is 36.5 Å². The van der Waals surface area contributed by atoms with Crippen LogP contribution in [0.25, 0.3) is 0 Å². The molecule has 2 rings (SSSR count). The van der Waals surface area contributed by atoms with E-state index in [1.165, 1.54) is 4.90 Å². The number of hydrogen-bond donors (Lipinski definition) is 0. The number of carbonyl (C=O) groups excluding carboxylic acids is 1. The van der Waals surface area contributed by atoms with Crippen molar-refractivity contribution in [2.45, 2.75) is 56.4 Å². The largest absolute Gasteiger partial charge is 0.444 e. The van der Waals surface area contributed by atoms with Crippen molar-refractivity contribution in [3.05, 3.63) is 34.4 Å². The van der Waals surface area contributed by atoms with E-state index in [0.717, 1.165) is 24.3 Å². The Morgan fingerprint density at radius 1 is 1.21 bits per heavy atom. The molecule has 1 heterocycles. The molecule has 28 heavy (non-hydrogen) atoms. The summed E-state index contributed by atoms with van der Waals surface area (Å²) in [5, 5.41) is 10.7. The fraction of sp³-hybridized carbons (Fsp3) is 0.588. The third-order valence-electron chi connectivity index (χ3n) is 4.00. The lowest BCUT2D eigenvalue weighted by atomic mass is 10.1.